The third kappa shape index (κ3) is 4.54. The van der Waals surface area contributed by atoms with Gasteiger partial charge in [-0.25, -0.2) is 0 Å². The van der Waals surface area contributed by atoms with Crippen LogP contribution in [0.3, 0.4) is 0 Å². The summed E-state index contributed by atoms with van der Waals surface area (Å²) in [5, 5.41) is 9.54. The molecule has 1 aromatic carbocycles. The number of halogens is 2. The number of benzene rings is 1. The van der Waals surface area contributed by atoms with Crippen LogP contribution >= 0.6 is 24.0 Å². The van der Waals surface area contributed by atoms with Crippen LogP contribution in [0, 0.1) is 5.92 Å². The van der Waals surface area contributed by atoms with E-state index in [4.69, 9.17) is 16.7 Å². The number of carbonyl (C=O) groups is 1. The Hall–Kier alpha value is -0.730. The van der Waals surface area contributed by atoms with Crippen LogP contribution in [0.25, 0.3) is 0 Å². The smallest absolute Gasteiger partial charge is 0.306 e. The zero-order chi connectivity index (χ0) is 10.6. The number of rotatable bonds is 4. The van der Waals surface area contributed by atoms with Gasteiger partial charge >= 0.3 is 5.97 Å². The molecule has 1 aromatic rings. The molecular formula is C11H14Cl2O2. The molecule has 0 fully saturated rings. The largest absolute Gasteiger partial charge is 0.481 e. The highest BCUT2D eigenvalue weighted by atomic mass is 35.5. The summed E-state index contributed by atoms with van der Waals surface area (Å²) in [5.41, 5.74) is 1.02. The number of carboxylic acids is 1. The first-order valence-corrected chi connectivity index (χ1v) is 4.98. The van der Waals surface area contributed by atoms with Crippen LogP contribution in [0.15, 0.2) is 24.3 Å². The summed E-state index contributed by atoms with van der Waals surface area (Å²) in [6.07, 6.45) is 1.22. The minimum atomic E-state index is -0.734. The van der Waals surface area contributed by atoms with E-state index in [0.29, 0.717) is 17.9 Å². The van der Waals surface area contributed by atoms with Crippen molar-refractivity contribution in [1.29, 1.82) is 0 Å². The van der Waals surface area contributed by atoms with Crippen molar-refractivity contribution in [2.24, 2.45) is 5.92 Å². The van der Waals surface area contributed by atoms with E-state index in [1.165, 1.54) is 0 Å². The molecule has 0 amide bonds. The minimum absolute atomic E-state index is 0. The molecule has 0 aliphatic heterocycles. The lowest BCUT2D eigenvalue weighted by atomic mass is 9.97. The highest BCUT2D eigenvalue weighted by Crippen LogP contribution is 2.15. The molecule has 0 unspecified atom stereocenters. The molecule has 0 heterocycles. The topological polar surface area (TPSA) is 37.3 Å². The minimum Gasteiger partial charge on any atom is -0.481 e. The van der Waals surface area contributed by atoms with Crippen molar-refractivity contribution in [3.63, 3.8) is 0 Å². The summed E-state index contributed by atoms with van der Waals surface area (Å²) in [4.78, 5) is 10.8. The Balaban J connectivity index is 0.00000196. The molecular weight excluding hydrogens is 235 g/mol. The van der Waals surface area contributed by atoms with Crippen LogP contribution in [-0.4, -0.2) is 11.1 Å². The standard InChI is InChI=1S/C11H13ClO2.ClH/c1-2-9(11(13)14)7-8-3-5-10(12)6-4-8;/h3-6,9H,2,7H2,1H3,(H,13,14);1H/t9-;/m0./s1. The molecule has 4 heteroatoms. The number of aliphatic carboxylic acids is 1. The van der Waals surface area contributed by atoms with Crippen molar-refractivity contribution in [3.05, 3.63) is 34.9 Å². The molecule has 0 radical (unpaired) electrons. The highest BCUT2D eigenvalue weighted by Gasteiger charge is 2.14. The Morgan fingerprint density at radius 3 is 2.33 bits per heavy atom. The van der Waals surface area contributed by atoms with Crippen molar-refractivity contribution in [2.75, 3.05) is 0 Å². The van der Waals surface area contributed by atoms with Crippen LogP contribution in [0.1, 0.15) is 18.9 Å². The first-order chi connectivity index (χ1) is 6.63. The lowest BCUT2D eigenvalue weighted by molar-refractivity contribution is -0.141. The molecule has 0 aliphatic rings. The molecule has 0 aliphatic carbocycles. The SMILES string of the molecule is CC[C@@H](Cc1ccc(Cl)cc1)C(=O)O.Cl. The summed E-state index contributed by atoms with van der Waals surface area (Å²) >= 11 is 5.73. The molecule has 1 rings (SSSR count). The predicted molar refractivity (Wildman–Crippen MR) is 63.8 cm³/mol. The van der Waals surface area contributed by atoms with Crippen LogP contribution in [0.5, 0.6) is 0 Å². The Labute approximate surface area is 101 Å². The third-order valence-corrected chi connectivity index (χ3v) is 2.49. The lowest BCUT2D eigenvalue weighted by Crippen LogP contribution is -2.15. The lowest BCUT2D eigenvalue weighted by Gasteiger charge is -2.09. The van der Waals surface area contributed by atoms with Crippen LogP contribution in [0.4, 0.5) is 0 Å². The average Bonchev–Trinajstić information content (AvgIpc) is 2.16. The Morgan fingerprint density at radius 2 is 1.93 bits per heavy atom. The van der Waals surface area contributed by atoms with Gasteiger partial charge in [0.1, 0.15) is 0 Å². The van der Waals surface area contributed by atoms with Crippen LogP contribution < -0.4 is 0 Å². The molecule has 0 saturated heterocycles. The average molecular weight is 249 g/mol. The molecule has 0 aromatic heterocycles. The van der Waals surface area contributed by atoms with E-state index in [-0.39, 0.29) is 18.3 Å². The zero-order valence-electron chi connectivity index (χ0n) is 8.44. The quantitative estimate of drug-likeness (QED) is 0.887. The number of hydrogen-bond donors (Lipinski definition) is 1. The first kappa shape index (κ1) is 14.3. The summed E-state index contributed by atoms with van der Waals surface area (Å²) in [5.74, 6) is -1.03. The van der Waals surface area contributed by atoms with E-state index in [2.05, 4.69) is 0 Å². The maximum Gasteiger partial charge on any atom is 0.306 e. The van der Waals surface area contributed by atoms with Gasteiger partial charge < -0.3 is 5.11 Å². The van der Waals surface area contributed by atoms with Crippen LogP contribution in [-0.2, 0) is 11.2 Å². The molecule has 15 heavy (non-hydrogen) atoms. The second-order valence-corrected chi connectivity index (χ2v) is 3.71. The normalized spacial score (nSPS) is 11.6. The fraction of sp³-hybridized carbons (Fsp3) is 0.364. The second kappa shape index (κ2) is 6.70. The fourth-order valence-corrected chi connectivity index (χ4v) is 1.44. The predicted octanol–water partition coefficient (Wildman–Crippen LogP) is 3.42. The second-order valence-electron chi connectivity index (χ2n) is 3.27. The molecule has 0 spiro atoms. The van der Waals surface area contributed by atoms with E-state index in [9.17, 15) is 4.79 Å². The van der Waals surface area contributed by atoms with E-state index in [1.54, 1.807) is 12.1 Å². The molecule has 84 valence electrons. The van der Waals surface area contributed by atoms with Gasteiger partial charge in [-0.2, -0.15) is 0 Å². The van der Waals surface area contributed by atoms with E-state index in [0.717, 1.165) is 5.56 Å². The van der Waals surface area contributed by atoms with Crippen molar-refractivity contribution >= 4 is 30.0 Å². The van der Waals surface area contributed by atoms with Gasteiger partial charge in [0, 0.05) is 5.02 Å². The molecule has 0 bridgehead atoms. The van der Waals surface area contributed by atoms with Gasteiger partial charge in [-0.05, 0) is 30.5 Å². The summed E-state index contributed by atoms with van der Waals surface area (Å²) in [7, 11) is 0. The fourth-order valence-electron chi connectivity index (χ4n) is 1.31. The number of hydrogen-bond acceptors (Lipinski definition) is 1. The van der Waals surface area contributed by atoms with Gasteiger partial charge in [0.05, 0.1) is 5.92 Å². The van der Waals surface area contributed by atoms with Crippen molar-refractivity contribution in [1.82, 2.24) is 0 Å². The zero-order valence-corrected chi connectivity index (χ0v) is 10.0. The summed E-state index contributed by atoms with van der Waals surface area (Å²) < 4.78 is 0. The highest BCUT2D eigenvalue weighted by molar-refractivity contribution is 6.30. The molecule has 1 atom stereocenters. The van der Waals surface area contributed by atoms with Gasteiger partial charge in [0.15, 0.2) is 0 Å². The molecule has 1 N–H and O–H groups in total. The first-order valence-electron chi connectivity index (χ1n) is 4.60. The van der Waals surface area contributed by atoms with Gasteiger partial charge in [0.2, 0.25) is 0 Å². The van der Waals surface area contributed by atoms with Gasteiger partial charge in [0.25, 0.3) is 0 Å². The molecule has 0 saturated carbocycles. The van der Waals surface area contributed by atoms with E-state index in [1.807, 2.05) is 19.1 Å². The van der Waals surface area contributed by atoms with E-state index >= 15 is 0 Å². The van der Waals surface area contributed by atoms with Crippen molar-refractivity contribution < 1.29 is 9.90 Å². The maximum atomic E-state index is 10.8. The monoisotopic (exact) mass is 248 g/mol. The Kier molecular flexibility index (Phi) is 6.37. The van der Waals surface area contributed by atoms with Crippen LogP contribution in [0.2, 0.25) is 5.02 Å². The van der Waals surface area contributed by atoms with Crippen molar-refractivity contribution in [3.8, 4) is 0 Å². The third-order valence-electron chi connectivity index (χ3n) is 2.24. The maximum absolute atomic E-state index is 10.8. The van der Waals surface area contributed by atoms with Gasteiger partial charge in [-0.3, -0.25) is 4.79 Å². The number of carboxylic acid groups (broad SMARTS) is 1. The summed E-state index contributed by atoms with van der Waals surface area (Å²) in [6.45, 7) is 1.88. The van der Waals surface area contributed by atoms with Crippen molar-refractivity contribution in [2.45, 2.75) is 19.8 Å². The Bertz CT molecular complexity index is 309. The van der Waals surface area contributed by atoms with Gasteiger partial charge in [-0.1, -0.05) is 30.7 Å². The summed E-state index contributed by atoms with van der Waals surface area (Å²) in [6, 6.07) is 7.30. The van der Waals surface area contributed by atoms with E-state index < -0.39 is 5.97 Å². The molecule has 2 nitrogen and oxygen atoms in total. The Morgan fingerprint density at radius 1 is 1.40 bits per heavy atom. The van der Waals surface area contributed by atoms with Gasteiger partial charge in [-0.15, -0.1) is 12.4 Å².